The van der Waals surface area contributed by atoms with Gasteiger partial charge < -0.3 is 19.4 Å². The molecule has 3 saturated heterocycles. The van der Waals surface area contributed by atoms with Gasteiger partial charge in [-0.05, 0) is 29.5 Å². The molecule has 0 spiro atoms. The predicted octanol–water partition coefficient (Wildman–Crippen LogP) is 2.39. The van der Waals surface area contributed by atoms with Crippen molar-refractivity contribution < 1.29 is 14.3 Å². The van der Waals surface area contributed by atoms with E-state index in [1.165, 1.54) is 22.1 Å². The van der Waals surface area contributed by atoms with Crippen molar-refractivity contribution in [2.24, 2.45) is 11.8 Å². The number of aromatic nitrogens is 2. The number of rotatable bonds is 4. The van der Waals surface area contributed by atoms with Crippen molar-refractivity contribution in [3.63, 3.8) is 0 Å². The van der Waals surface area contributed by atoms with Crippen LogP contribution in [-0.4, -0.2) is 91.0 Å². The topological polar surface area (TPSA) is 74.2 Å². The van der Waals surface area contributed by atoms with Crippen molar-refractivity contribution in [3.05, 3.63) is 41.2 Å². The highest BCUT2D eigenvalue weighted by Gasteiger charge is 2.42. The number of hydrogen-bond donors (Lipinski definition) is 0. The third-order valence-corrected chi connectivity index (χ3v) is 7.53. The molecule has 3 aliphatic rings. The highest BCUT2D eigenvalue weighted by Crippen LogP contribution is 2.33. The van der Waals surface area contributed by atoms with E-state index in [1.54, 1.807) is 19.4 Å². The van der Waals surface area contributed by atoms with E-state index < -0.39 is 0 Å². The molecular weight excluding hydrogens is 456 g/mol. The monoisotopic (exact) mass is 486 g/mol. The van der Waals surface area contributed by atoms with E-state index in [1.807, 2.05) is 4.90 Å². The van der Waals surface area contributed by atoms with Gasteiger partial charge >= 0.3 is 6.03 Å². The van der Waals surface area contributed by atoms with E-state index in [9.17, 15) is 9.59 Å². The highest BCUT2D eigenvalue weighted by atomic mass is 35.5. The third kappa shape index (κ3) is 4.64. The lowest BCUT2D eigenvalue weighted by atomic mass is 10.0. The first kappa shape index (κ1) is 23.1. The van der Waals surface area contributed by atoms with Gasteiger partial charge in [-0.25, -0.2) is 4.79 Å². The van der Waals surface area contributed by atoms with E-state index in [0.717, 1.165) is 69.7 Å². The molecule has 0 aliphatic carbocycles. The summed E-state index contributed by atoms with van der Waals surface area (Å²) in [5, 5.41) is 4.97. The molecule has 1 aromatic heterocycles. The standard InChI is InChI=1S/C24H31ClN6O3/c1-17(32)27(2)21-10-26-31(16-21)24(33)30-14-19-12-28(13-20(19)15-30)11-18-3-4-23(22(25)9-18)29-5-7-34-8-6-29/h3-4,9-10,16,19-20H,5-8,11-15H2,1-2H3. The fraction of sp³-hybridized carbons (Fsp3) is 0.542. The molecule has 5 rings (SSSR count). The Hall–Kier alpha value is -2.62. The summed E-state index contributed by atoms with van der Waals surface area (Å²) in [5.74, 6) is 0.823. The molecule has 0 N–H and O–H groups in total. The van der Waals surface area contributed by atoms with Gasteiger partial charge in [0, 0.05) is 59.8 Å². The number of halogens is 1. The summed E-state index contributed by atoms with van der Waals surface area (Å²) in [4.78, 5) is 32.6. The predicted molar refractivity (Wildman–Crippen MR) is 130 cm³/mol. The minimum Gasteiger partial charge on any atom is -0.378 e. The summed E-state index contributed by atoms with van der Waals surface area (Å²) < 4.78 is 6.78. The lowest BCUT2D eigenvalue weighted by Gasteiger charge is -2.30. The Kier molecular flexibility index (Phi) is 6.50. The van der Waals surface area contributed by atoms with Crippen molar-refractivity contribution >= 4 is 34.9 Å². The molecule has 9 nitrogen and oxygen atoms in total. The zero-order valence-corrected chi connectivity index (χ0v) is 20.4. The molecular formula is C24H31ClN6O3. The molecule has 2 atom stereocenters. The van der Waals surface area contributed by atoms with Gasteiger partial charge in [-0.15, -0.1) is 0 Å². The molecule has 0 radical (unpaired) electrons. The molecule has 182 valence electrons. The van der Waals surface area contributed by atoms with Crippen LogP contribution < -0.4 is 9.80 Å². The molecule has 10 heteroatoms. The van der Waals surface area contributed by atoms with Crippen LogP contribution in [0.2, 0.25) is 5.02 Å². The van der Waals surface area contributed by atoms with Crippen LogP contribution in [0.3, 0.4) is 0 Å². The number of carbonyl (C=O) groups is 2. The van der Waals surface area contributed by atoms with Crippen LogP contribution >= 0.6 is 11.6 Å². The van der Waals surface area contributed by atoms with Crippen LogP contribution in [0.1, 0.15) is 12.5 Å². The van der Waals surface area contributed by atoms with Crippen molar-refractivity contribution in [1.29, 1.82) is 0 Å². The maximum atomic E-state index is 12.9. The molecule has 2 aromatic rings. The number of amides is 2. The van der Waals surface area contributed by atoms with Gasteiger partial charge in [0.15, 0.2) is 0 Å². The molecule has 3 aliphatic heterocycles. The van der Waals surface area contributed by atoms with Crippen LogP contribution in [0.25, 0.3) is 0 Å². The number of hydrogen-bond acceptors (Lipinski definition) is 6. The Morgan fingerprint density at radius 3 is 2.50 bits per heavy atom. The number of ether oxygens (including phenoxy) is 1. The second-order valence-electron chi connectivity index (χ2n) is 9.51. The molecule has 3 fully saturated rings. The quantitative estimate of drug-likeness (QED) is 0.660. The first-order valence-corrected chi connectivity index (χ1v) is 12.2. The van der Waals surface area contributed by atoms with E-state index in [4.69, 9.17) is 16.3 Å². The maximum absolute atomic E-state index is 12.9. The fourth-order valence-corrected chi connectivity index (χ4v) is 5.58. The first-order chi connectivity index (χ1) is 16.4. The van der Waals surface area contributed by atoms with Gasteiger partial charge in [-0.2, -0.15) is 9.78 Å². The summed E-state index contributed by atoms with van der Waals surface area (Å²) in [5.41, 5.74) is 2.91. The van der Waals surface area contributed by atoms with Crippen LogP contribution in [0, 0.1) is 11.8 Å². The van der Waals surface area contributed by atoms with Crippen LogP contribution in [0.4, 0.5) is 16.2 Å². The largest absolute Gasteiger partial charge is 0.378 e. The molecule has 4 heterocycles. The van der Waals surface area contributed by atoms with E-state index >= 15 is 0 Å². The lowest BCUT2D eigenvalue weighted by Crippen LogP contribution is -2.36. The summed E-state index contributed by atoms with van der Waals surface area (Å²) in [6.45, 7) is 8.97. The number of nitrogens with zero attached hydrogens (tertiary/aromatic N) is 6. The number of benzene rings is 1. The molecule has 2 unspecified atom stereocenters. The van der Waals surface area contributed by atoms with Gasteiger partial charge in [-0.3, -0.25) is 9.69 Å². The Bertz CT molecular complexity index is 1050. The molecule has 2 amide bonds. The van der Waals surface area contributed by atoms with Gasteiger partial charge in [0.1, 0.15) is 0 Å². The van der Waals surface area contributed by atoms with Crippen molar-refractivity contribution in [3.8, 4) is 0 Å². The normalized spacial score (nSPS) is 22.8. The SMILES string of the molecule is CC(=O)N(C)c1cnn(C(=O)N2CC3CN(Cc4ccc(N5CCOCC5)c(Cl)c4)CC3C2)c1. The summed E-state index contributed by atoms with van der Waals surface area (Å²) >= 11 is 6.62. The zero-order valence-electron chi connectivity index (χ0n) is 19.7. The number of likely N-dealkylation sites (tertiary alicyclic amines) is 2. The lowest BCUT2D eigenvalue weighted by molar-refractivity contribution is -0.116. The third-order valence-electron chi connectivity index (χ3n) is 7.23. The second-order valence-corrected chi connectivity index (χ2v) is 9.92. The van der Waals surface area contributed by atoms with Crippen LogP contribution in [-0.2, 0) is 16.1 Å². The Labute approximate surface area is 204 Å². The van der Waals surface area contributed by atoms with Gasteiger partial charge in [0.25, 0.3) is 0 Å². The van der Waals surface area contributed by atoms with Crippen LogP contribution in [0.15, 0.2) is 30.6 Å². The van der Waals surface area contributed by atoms with Gasteiger partial charge in [0.05, 0.1) is 42.0 Å². The Morgan fingerprint density at radius 1 is 1.15 bits per heavy atom. The fourth-order valence-electron chi connectivity index (χ4n) is 5.26. The molecule has 1 aromatic carbocycles. The molecule has 34 heavy (non-hydrogen) atoms. The smallest absolute Gasteiger partial charge is 0.344 e. The Balaban J connectivity index is 1.15. The summed E-state index contributed by atoms with van der Waals surface area (Å²) in [7, 11) is 1.67. The second kappa shape index (κ2) is 9.56. The average molecular weight is 487 g/mol. The van der Waals surface area contributed by atoms with E-state index in [-0.39, 0.29) is 11.9 Å². The minimum absolute atomic E-state index is 0.0974. The van der Waals surface area contributed by atoms with E-state index in [2.05, 4.69) is 33.1 Å². The zero-order chi connectivity index (χ0) is 23.8. The van der Waals surface area contributed by atoms with E-state index in [0.29, 0.717) is 17.5 Å². The van der Waals surface area contributed by atoms with Crippen molar-refractivity contribution in [2.45, 2.75) is 13.5 Å². The number of fused-ring (bicyclic) bond motifs is 1. The molecule has 0 saturated carbocycles. The maximum Gasteiger partial charge on any atom is 0.344 e. The Morgan fingerprint density at radius 2 is 1.85 bits per heavy atom. The average Bonchev–Trinajstić information content (AvgIpc) is 3.54. The van der Waals surface area contributed by atoms with Gasteiger partial charge in [-0.1, -0.05) is 17.7 Å². The van der Waals surface area contributed by atoms with Crippen molar-refractivity contribution in [2.75, 3.05) is 69.3 Å². The summed E-state index contributed by atoms with van der Waals surface area (Å²) in [6, 6.07) is 6.26. The van der Waals surface area contributed by atoms with Gasteiger partial charge in [0.2, 0.25) is 5.91 Å². The first-order valence-electron chi connectivity index (χ1n) is 11.8. The van der Waals surface area contributed by atoms with Crippen LogP contribution in [0.5, 0.6) is 0 Å². The minimum atomic E-state index is -0.130. The number of anilines is 2. The highest BCUT2D eigenvalue weighted by molar-refractivity contribution is 6.33. The van der Waals surface area contributed by atoms with Crippen molar-refractivity contribution in [1.82, 2.24) is 19.6 Å². The number of morpholine rings is 1. The summed E-state index contributed by atoms with van der Waals surface area (Å²) in [6.07, 6.45) is 3.17. The molecule has 0 bridgehead atoms. The number of carbonyl (C=O) groups excluding carboxylic acids is 2.